The van der Waals surface area contributed by atoms with E-state index in [1.54, 1.807) is 43.6 Å². The van der Waals surface area contributed by atoms with Crippen LogP contribution in [0.3, 0.4) is 0 Å². The molecule has 1 N–H and O–H groups in total. The first-order valence-electron chi connectivity index (χ1n) is 15.5. The number of sulfonamides is 1. The fourth-order valence-electron chi connectivity index (χ4n) is 5.48. The standard InChI is InChI=1S/C36H37FN4O5S/c1-40-17-19-41(20-18-40)16-7-21-45-36-25-32-30(24-35(36)44-2)33(14-15-38-32)46-34-13-12-28(23-31(34)37)39-47(42,43)29-11-6-10-27(22-29)26-8-4-3-5-9-26/h3-6,8-15,22-25,39H,7,16-21H2,1-2H3. The van der Waals surface area contributed by atoms with Crippen LogP contribution in [0, 0.1) is 5.82 Å². The van der Waals surface area contributed by atoms with Gasteiger partial charge in [-0.15, -0.1) is 0 Å². The van der Waals surface area contributed by atoms with Crippen LogP contribution >= 0.6 is 0 Å². The van der Waals surface area contributed by atoms with Crippen LogP contribution in [0.4, 0.5) is 10.1 Å². The van der Waals surface area contributed by atoms with Crippen molar-refractivity contribution < 1.29 is 27.0 Å². The molecule has 1 aliphatic rings. The van der Waals surface area contributed by atoms with Gasteiger partial charge in [-0.3, -0.25) is 9.71 Å². The molecule has 0 amide bonds. The number of aromatic nitrogens is 1. The average molecular weight is 657 g/mol. The Kier molecular flexibility index (Phi) is 9.86. The van der Waals surface area contributed by atoms with Gasteiger partial charge in [0.15, 0.2) is 23.1 Å². The number of ether oxygens (including phenoxy) is 3. The van der Waals surface area contributed by atoms with E-state index < -0.39 is 15.8 Å². The van der Waals surface area contributed by atoms with Crippen molar-refractivity contribution in [1.82, 2.24) is 14.8 Å². The average Bonchev–Trinajstić information content (AvgIpc) is 3.08. The minimum Gasteiger partial charge on any atom is -0.493 e. The third-order valence-corrected chi connectivity index (χ3v) is 9.49. The number of hydrogen-bond acceptors (Lipinski definition) is 8. The maximum absolute atomic E-state index is 15.3. The Bertz CT molecular complexity index is 1950. The highest BCUT2D eigenvalue weighted by molar-refractivity contribution is 7.92. The molecule has 1 aliphatic heterocycles. The van der Waals surface area contributed by atoms with Crippen LogP contribution in [-0.4, -0.2) is 76.7 Å². The first-order valence-corrected chi connectivity index (χ1v) is 16.9. The predicted octanol–water partition coefficient (Wildman–Crippen LogP) is 6.66. The maximum atomic E-state index is 15.3. The van der Waals surface area contributed by atoms with E-state index in [-0.39, 0.29) is 16.3 Å². The van der Waals surface area contributed by atoms with Gasteiger partial charge in [-0.25, -0.2) is 12.8 Å². The first-order chi connectivity index (χ1) is 22.8. The second-order valence-electron chi connectivity index (χ2n) is 11.4. The van der Waals surface area contributed by atoms with Crippen LogP contribution in [-0.2, 0) is 10.0 Å². The smallest absolute Gasteiger partial charge is 0.261 e. The van der Waals surface area contributed by atoms with E-state index in [0.717, 1.165) is 56.3 Å². The largest absolute Gasteiger partial charge is 0.493 e. The zero-order chi connectivity index (χ0) is 32.8. The van der Waals surface area contributed by atoms with Gasteiger partial charge in [0, 0.05) is 56.4 Å². The molecule has 11 heteroatoms. The number of fused-ring (bicyclic) bond motifs is 1. The molecule has 244 valence electrons. The molecular weight excluding hydrogens is 619 g/mol. The van der Waals surface area contributed by atoms with Gasteiger partial charge in [-0.2, -0.15) is 0 Å². The monoisotopic (exact) mass is 656 g/mol. The van der Waals surface area contributed by atoms with E-state index in [4.69, 9.17) is 14.2 Å². The van der Waals surface area contributed by atoms with E-state index in [9.17, 15) is 8.42 Å². The van der Waals surface area contributed by atoms with Crippen LogP contribution in [0.1, 0.15) is 6.42 Å². The molecule has 1 saturated heterocycles. The summed E-state index contributed by atoms with van der Waals surface area (Å²) < 4.78 is 61.8. The molecule has 9 nitrogen and oxygen atoms in total. The van der Waals surface area contributed by atoms with Crippen LogP contribution in [0.15, 0.2) is 102 Å². The van der Waals surface area contributed by atoms with E-state index in [0.29, 0.717) is 34.8 Å². The minimum absolute atomic E-state index is 0.0650. The van der Waals surface area contributed by atoms with E-state index in [2.05, 4.69) is 26.6 Å². The maximum Gasteiger partial charge on any atom is 0.261 e. The molecular formula is C36H37FN4O5S. The van der Waals surface area contributed by atoms with Gasteiger partial charge in [-0.1, -0.05) is 42.5 Å². The van der Waals surface area contributed by atoms with Gasteiger partial charge in [0.25, 0.3) is 10.0 Å². The Balaban J connectivity index is 1.14. The summed E-state index contributed by atoms with van der Waals surface area (Å²) in [5.41, 5.74) is 2.30. The Morgan fingerprint density at radius 2 is 1.62 bits per heavy atom. The number of anilines is 1. The van der Waals surface area contributed by atoms with Crippen molar-refractivity contribution in [2.24, 2.45) is 0 Å². The Hall–Kier alpha value is -4.71. The number of hydrogen-bond donors (Lipinski definition) is 1. The highest BCUT2D eigenvalue weighted by Gasteiger charge is 2.18. The van der Waals surface area contributed by atoms with E-state index >= 15 is 4.39 Å². The Morgan fingerprint density at radius 1 is 0.830 bits per heavy atom. The molecule has 0 spiro atoms. The normalized spacial score (nSPS) is 14.2. The summed E-state index contributed by atoms with van der Waals surface area (Å²) in [7, 11) is -0.280. The summed E-state index contributed by atoms with van der Waals surface area (Å²) in [5.74, 6) is 0.631. The van der Waals surface area contributed by atoms with Crippen molar-refractivity contribution in [2.45, 2.75) is 11.3 Å². The predicted molar refractivity (Wildman–Crippen MR) is 182 cm³/mol. The summed E-state index contributed by atoms with van der Waals surface area (Å²) in [6.07, 6.45) is 2.46. The summed E-state index contributed by atoms with van der Waals surface area (Å²) in [6.45, 7) is 5.77. The second kappa shape index (κ2) is 14.4. The molecule has 0 unspecified atom stereocenters. The third kappa shape index (κ3) is 7.82. The topological polar surface area (TPSA) is 93.2 Å². The number of rotatable bonds is 12. The van der Waals surface area contributed by atoms with Crippen molar-refractivity contribution in [3.8, 4) is 34.1 Å². The number of likely N-dealkylation sites (N-methyl/N-ethyl adjacent to an activating group) is 1. The van der Waals surface area contributed by atoms with Crippen LogP contribution < -0.4 is 18.9 Å². The zero-order valence-corrected chi connectivity index (χ0v) is 27.2. The molecule has 0 saturated carbocycles. The number of nitrogens with one attached hydrogen (secondary N) is 1. The van der Waals surface area contributed by atoms with Crippen LogP contribution in [0.5, 0.6) is 23.0 Å². The fraction of sp³-hybridized carbons (Fsp3) is 0.250. The van der Waals surface area contributed by atoms with Crippen molar-refractivity contribution >= 4 is 26.6 Å². The summed E-state index contributed by atoms with van der Waals surface area (Å²) >= 11 is 0. The number of methoxy groups -OCH3 is 1. The number of pyridine rings is 1. The van der Waals surface area contributed by atoms with Crippen LogP contribution in [0.25, 0.3) is 22.0 Å². The van der Waals surface area contributed by atoms with Gasteiger partial charge in [0.1, 0.15) is 5.75 Å². The van der Waals surface area contributed by atoms with E-state index in [1.807, 2.05) is 36.4 Å². The van der Waals surface area contributed by atoms with Gasteiger partial charge in [0.05, 0.1) is 29.8 Å². The van der Waals surface area contributed by atoms with Crippen molar-refractivity contribution in [3.63, 3.8) is 0 Å². The highest BCUT2D eigenvalue weighted by Crippen LogP contribution is 2.38. The molecule has 0 atom stereocenters. The zero-order valence-electron chi connectivity index (χ0n) is 26.4. The SMILES string of the molecule is COc1cc2c(Oc3ccc(NS(=O)(=O)c4cccc(-c5ccccc5)c4)cc3F)ccnc2cc1OCCCN1CCN(C)CC1. The molecule has 0 aliphatic carbocycles. The number of halogens is 1. The number of nitrogens with zero attached hydrogens (tertiary/aromatic N) is 3. The molecule has 4 aromatic carbocycles. The van der Waals surface area contributed by atoms with Gasteiger partial charge in [0.2, 0.25) is 0 Å². The lowest BCUT2D eigenvalue weighted by molar-refractivity contribution is 0.145. The molecule has 1 aromatic heterocycles. The van der Waals surface area contributed by atoms with Gasteiger partial charge in [-0.05, 0) is 61.0 Å². The quantitative estimate of drug-likeness (QED) is 0.149. The molecule has 1 fully saturated rings. The molecule has 47 heavy (non-hydrogen) atoms. The number of piperazine rings is 1. The Labute approximate surface area is 274 Å². The van der Waals surface area contributed by atoms with Crippen molar-refractivity contribution in [2.75, 3.05) is 58.2 Å². The fourth-order valence-corrected chi connectivity index (χ4v) is 6.58. The van der Waals surface area contributed by atoms with E-state index in [1.165, 1.54) is 18.2 Å². The third-order valence-electron chi connectivity index (χ3n) is 8.11. The summed E-state index contributed by atoms with van der Waals surface area (Å²) in [5, 5.41) is 0.608. The highest BCUT2D eigenvalue weighted by atomic mass is 32.2. The molecule has 0 radical (unpaired) electrons. The lowest BCUT2D eigenvalue weighted by Gasteiger charge is -2.32. The molecule has 6 rings (SSSR count). The molecule has 0 bridgehead atoms. The minimum atomic E-state index is -3.99. The van der Waals surface area contributed by atoms with Crippen molar-refractivity contribution in [3.05, 3.63) is 103 Å². The lowest BCUT2D eigenvalue weighted by Crippen LogP contribution is -2.44. The summed E-state index contributed by atoms with van der Waals surface area (Å²) in [4.78, 5) is 9.30. The summed E-state index contributed by atoms with van der Waals surface area (Å²) in [6, 6.07) is 25.2. The van der Waals surface area contributed by atoms with Gasteiger partial charge < -0.3 is 24.0 Å². The molecule has 5 aromatic rings. The number of benzene rings is 4. The lowest BCUT2D eigenvalue weighted by atomic mass is 10.1. The van der Waals surface area contributed by atoms with Crippen molar-refractivity contribution in [1.29, 1.82) is 0 Å². The Morgan fingerprint density at radius 3 is 2.38 bits per heavy atom. The van der Waals surface area contributed by atoms with Gasteiger partial charge >= 0.3 is 0 Å². The van der Waals surface area contributed by atoms with Crippen LogP contribution in [0.2, 0.25) is 0 Å². The first kappa shape index (κ1) is 32.2. The molecule has 2 heterocycles. The second-order valence-corrected chi connectivity index (χ2v) is 13.1.